The summed E-state index contributed by atoms with van der Waals surface area (Å²) >= 11 is 6.00. The number of benzene rings is 2. The van der Waals surface area contributed by atoms with Crippen LogP contribution >= 0.6 is 11.6 Å². The maximum absolute atomic E-state index is 15.1. The molecule has 192 valence electrons. The number of amides is 1. The minimum Gasteiger partial charge on any atom is -0.496 e. The van der Waals surface area contributed by atoms with Gasteiger partial charge in [0, 0.05) is 42.6 Å². The Hall–Kier alpha value is -2.97. The van der Waals surface area contributed by atoms with Gasteiger partial charge in [0.05, 0.1) is 31.0 Å². The maximum Gasteiger partial charge on any atom is 0.227 e. The molecule has 0 bridgehead atoms. The second-order valence-corrected chi connectivity index (χ2v) is 9.92. The van der Waals surface area contributed by atoms with Crippen LogP contribution < -0.4 is 15.1 Å². The number of aryl methyl sites for hydroxylation is 1. The van der Waals surface area contributed by atoms with Gasteiger partial charge in [0.25, 0.3) is 0 Å². The molecule has 1 aliphatic rings. The fourth-order valence-electron chi connectivity index (χ4n) is 4.86. The Morgan fingerprint density at radius 1 is 1.14 bits per heavy atom. The summed E-state index contributed by atoms with van der Waals surface area (Å²) < 4.78 is 37.4. The van der Waals surface area contributed by atoms with Crippen LogP contribution in [0.2, 0.25) is 5.02 Å². The summed E-state index contributed by atoms with van der Waals surface area (Å²) in [6.07, 6.45) is 2.56. The highest BCUT2D eigenvalue weighted by Gasteiger charge is 2.28. The zero-order chi connectivity index (χ0) is 26.3. The van der Waals surface area contributed by atoms with Crippen LogP contribution in [0.25, 0.3) is 10.9 Å². The van der Waals surface area contributed by atoms with E-state index in [2.05, 4.69) is 0 Å². The Morgan fingerprint density at radius 2 is 1.86 bits per heavy atom. The fourth-order valence-corrected chi connectivity index (χ4v) is 5.07. The van der Waals surface area contributed by atoms with Gasteiger partial charge in [-0.25, -0.2) is 8.78 Å². The van der Waals surface area contributed by atoms with Gasteiger partial charge in [0.2, 0.25) is 5.91 Å². The predicted molar refractivity (Wildman–Crippen MR) is 136 cm³/mol. The summed E-state index contributed by atoms with van der Waals surface area (Å²) in [6, 6.07) is 4.38. The van der Waals surface area contributed by atoms with Gasteiger partial charge >= 0.3 is 0 Å². The van der Waals surface area contributed by atoms with E-state index in [1.54, 1.807) is 25.3 Å². The molecule has 0 spiro atoms. The Balaban J connectivity index is 1.89. The second kappa shape index (κ2) is 10.2. The molecule has 0 saturated carbocycles. The molecule has 1 saturated heterocycles. The first kappa shape index (κ1) is 26.1. The summed E-state index contributed by atoms with van der Waals surface area (Å²) in [7, 11) is 1.47. The monoisotopic (exact) mass is 518 g/mol. The number of hydrogen-bond donors (Lipinski definition) is 1. The van der Waals surface area contributed by atoms with E-state index in [1.165, 1.54) is 18.1 Å². The molecule has 0 radical (unpaired) electrons. The lowest BCUT2D eigenvalue weighted by atomic mass is 9.98. The lowest BCUT2D eigenvalue weighted by Gasteiger charge is -2.25. The molecule has 3 aromatic rings. The molecule has 1 aliphatic heterocycles. The predicted octanol–water partition coefficient (Wildman–Crippen LogP) is 5.16. The van der Waals surface area contributed by atoms with E-state index in [-0.39, 0.29) is 47.6 Å². The molecule has 6 nitrogen and oxygen atoms in total. The largest absolute Gasteiger partial charge is 0.496 e. The molecule has 2 aromatic carbocycles. The van der Waals surface area contributed by atoms with E-state index in [0.29, 0.717) is 47.2 Å². The van der Waals surface area contributed by atoms with Crippen LogP contribution in [0, 0.1) is 24.5 Å². The Kier molecular flexibility index (Phi) is 7.38. The van der Waals surface area contributed by atoms with Crippen LogP contribution in [0.5, 0.6) is 5.75 Å². The molecule has 1 N–H and O–H groups in total. The van der Waals surface area contributed by atoms with E-state index >= 15 is 4.39 Å². The number of anilines is 1. The fraction of sp³-hybridized carbons (Fsp3) is 0.407. The van der Waals surface area contributed by atoms with E-state index in [4.69, 9.17) is 16.3 Å². The number of carbonyl (C=O) groups is 1. The molecule has 4 rings (SSSR count). The molecule has 36 heavy (non-hydrogen) atoms. The van der Waals surface area contributed by atoms with Gasteiger partial charge in [-0.05, 0) is 42.5 Å². The van der Waals surface area contributed by atoms with Crippen molar-refractivity contribution in [2.45, 2.75) is 46.1 Å². The second-order valence-electron chi connectivity index (χ2n) is 9.55. The number of aromatic nitrogens is 1. The molecule has 0 unspecified atom stereocenters. The third kappa shape index (κ3) is 4.48. The minimum absolute atomic E-state index is 0.0407. The molecular formula is C27H29ClF2N2O4. The quantitative estimate of drug-likeness (QED) is 0.439. The number of aliphatic hydroxyl groups is 1. The maximum atomic E-state index is 15.1. The van der Waals surface area contributed by atoms with Crippen LogP contribution in [-0.4, -0.2) is 35.8 Å². The van der Waals surface area contributed by atoms with Crippen molar-refractivity contribution < 1.29 is 23.4 Å². The van der Waals surface area contributed by atoms with Crippen molar-refractivity contribution in [3.63, 3.8) is 0 Å². The van der Waals surface area contributed by atoms with Crippen molar-refractivity contribution >= 4 is 34.1 Å². The SMILES string of the molecule is COc1cc2c(cc1Cc1cc(N3CCCC3=O)c(F)c(Cl)c1F)c(=O)c(C)cn2[C@H](CO)C(C)C. The number of halogens is 3. The zero-order valence-electron chi connectivity index (χ0n) is 20.7. The van der Waals surface area contributed by atoms with Crippen LogP contribution in [0.4, 0.5) is 14.5 Å². The standard InChI is InChI=1S/C27H29ClF2N2O4/c1-14(2)21(13-33)32-12-15(3)27(35)18-9-16(22(36-4)11-19(18)32)8-17-10-20(26(30)24(28)25(17)29)31-7-5-6-23(31)34/h9-12,14,21,33H,5-8,13H2,1-4H3/t21-/m1/s1. The Morgan fingerprint density at radius 3 is 2.44 bits per heavy atom. The van der Waals surface area contributed by atoms with Crippen LogP contribution in [-0.2, 0) is 11.2 Å². The average molecular weight is 519 g/mol. The van der Waals surface area contributed by atoms with E-state index in [9.17, 15) is 19.1 Å². The van der Waals surface area contributed by atoms with Crippen molar-refractivity contribution in [2.24, 2.45) is 5.92 Å². The van der Waals surface area contributed by atoms with Crippen LogP contribution in [0.1, 0.15) is 49.4 Å². The third-order valence-electron chi connectivity index (χ3n) is 6.87. The highest BCUT2D eigenvalue weighted by molar-refractivity contribution is 6.31. The van der Waals surface area contributed by atoms with E-state index in [0.717, 1.165) is 0 Å². The van der Waals surface area contributed by atoms with Gasteiger partial charge in [-0.2, -0.15) is 0 Å². The summed E-state index contributed by atoms with van der Waals surface area (Å²) in [5.74, 6) is -1.65. The van der Waals surface area contributed by atoms with E-state index < -0.39 is 16.7 Å². The smallest absolute Gasteiger partial charge is 0.227 e. The van der Waals surface area contributed by atoms with Crippen molar-refractivity contribution in [2.75, 3.05) is 25.2 Å². The molecule has 1 amide bonds. The number of ether oxygens (including phenoxy) is 1. The summed E-state index contributed by atoms with van der Waals surface area (Å²) in [5.41, 5.74) is 1.43. The normalized spacial score (nSPS) is 14.8. The zero-order valence-corrected chi connectivity index (χ0v) is 21.5. The Labute approximate surface area is 213 Å². The number of aliphatic hydroxyl groups excluding tert-OH is 1. The highest BCUT2D eigenvalue weighted by Crippen LogP contribution is 2.36. The number of nitrogens with zero attached hydrogens (tertiary/aromatic N) is 2. The van der Waals surface area contributed by atoms with Crippen LogP contribution in [0.3, 0.4) is 0 Å². The van der Waals surface area contributed by atoms with Crippen molar-refractivity contribution in [3.05, 3.63) is 68.0 Å². The topological polar surface area (TPSA) is 71.8 Å². The average Bonchev–Trinajstić information content (AvgIpc) is 3.27. The number of rotatable bonds is 7. The highest BCUT2D eigenvalue weighted by atomic mass is 35.5. The molecule has 0 aliphatic carbocycles. The molecule has 1 atom stereocenters. The van der Waals surface area contributed by atoms with Gasteiger partial charge in [-0.1, -0.05) is 25.4 Å². The Bertz CT molecular complexity index is 1400. The first-order chi connectivity index (χ1) is 17.1. The number of hydrogen-bond acceptors (Lipinski definition) is 4. The summed E-state index contributed by atoms with van der Waals surface area (Å²) in [5, 5.41) is 9.73. The third-order valence-corrected chi connectivity index (χ3v) is 7.21. The number of methoxy groups -OCH3 is 1. The minimum atomic E-state index is -0.971. The van der Waals surface area contributed by atoms with E-state index in [1.807, 2.05) is 18.4 Å². The van der Waals surface area contributed by atoms with Crippen molar-refractivity contribution in [1.82, 2.24) is 4.57 Å². The van der Waals surface area contributed by atoms with Gasteiger partial charge in [0.1, 0.15) is 16.6 Å². The molecule has 1 aromatic heterocycles. The van der Waals surface area contributed by atoms with Gasteiger partial charge in [0.15, 0.2) is 11.2 Å². The summed E-state index contributed by atoms with van der Waals surface area (Å²) in [6.45, 7) is 5.88. The number of pyridine rings is 1. The van der Waals surface area contributed by atoms with Gasteiger partial charge < -0.3 is 19.3 Å². The number of fused-ring (bicyclic) bond motifs is 1. The van der Waals surface area contributed by atoms with Gasteiger partial charge in [-0.15, -0.1) is 0 Å². The number of carbonyl (C=O) groups excluding carboxylic acids is 1. The summed E-state index contributed by atoms with van der Waals surface area (Å²) in [4.78, 5) is 26.6. The lowest BCUT2D eigenvalue weighted by molar-refractivity contribution is -0.117. The molecule has 2 heterocycles. The van der Waals surface area contributed by atoms with Crippen LogP contribution in [0.15, 0.2) is 29.2 Å². The van der Waals surface area contributed by atoms with Crippen molar-refractivity contribution in [3.8, 4) is 5.75 Å². The van der Waals surface area contributed by atoms with Gasteiger partial charge in [-0.3, -0.25) is 9.59 Å². The molecule has 9 heteroatoms. The lowest BCUT2D eigenvalue weighted by Crippen LogP contribution is -2.25. The van der Waals surface area contributed by atoms with Crippen molar-refractivity contribution in [1.29, 1.82) is 0 Å². The first-order valence-corrected chi connectivity index (χ1v) is 12.3. The first-order valence-electron chi connectivity index (χ1n) is 11.9. The molecule has 1 fully saturated rings. The molecular weight excluding hydrogens is 490 g/mol.